The first-order valence-corrected chi connectivity index (χ1v) is 6.95. The summed E-state index contributed by atoms with van der Waals surface area (Å²) in [7, 11) is 1.49. The van der Waals surface area contributed by atoms with Gasteiger partial charge < -0.3 is 19.8 Å². The molecular formula is C17H19NO4. The number of phenolic OH excluding ortho intramolecular Hbond substituents is 2. The van der Waals surface area contributed by atoms with E-state index < -0.39 is 0 Å². The Hall–Kier alpha value is -2.69. The molecule has 0 aliphatic carbocycles. The molecule has 1 amide bonds. The van der Waals surface area contributed by atoms with Crippen LogP contribution in [-0.4, -0.2) is 35.2 Å². The van der Waals surface area contributed by atoms with Gasteiger partial charge in [0, 0.05) is 13.1 Å². The molecular weight excluding hydrogens is 282 g/mol. The second-order valence-corrected chi connectivity index (χ2v) is 5.00. The Bertz CT molecular complexity index is 625. The van der Waals surface area contributed by atoms with Gasteiger partial charge in [0.2, 0.25) is 6.41 Å². The SMILES string of the molecule is COc1ccc(CN(C=O)CCc2ccc(O)cc2)cc1O. The van der Waals surface area contributed by atoms with Crippen LogP contribution >= 0.6 is 0 Å². The predicted molar refractivity (Wildman–Crippen MR) is 82.9 cm³/mol. The molecule has 22 heavy (non-hydrogen) atoms. The molecule has 0 heterocycles. The molecule has 5 nitrogen and oxygen atoms in total. The van der Waals surface area contributed by atoms with Crippen LogP contribution in [0.5, 0.6) is 17.2 Å². The maximum atomic E-state index is 11.2. The number of carbonyl (C=O) groups excluding carboxylic acids is 1. The lowest BCUT2D eigenvalue weighted by molar-refractivity contribution is -0.118. The normalized spacial score (nSPS) is 10.2. The minimum absolute atomic E-state index is 0.0596. The highest BCUT2D eigenvalue weighted by Crippen LogP contribution is 2.26. The Kier molecular flexibility index (Phi) is 5.25. The molecule has 0 fully saturated rings. The van der Waals surface area contributed by atoms with Gasteiger partial charge in [-0.25, -0.2) is 0 Å². The third-order valence-electron chi connectivity index (χ3n) is 3.40. The van der Waals surface area contributed by atoms with Crippen LogP contribution in [0.4, 0.5) is 0 Å². The quantitative estimate of drug-likeness (QED) is 0.770. The third-order valence-corrected chi connectivity index (χ3v) is 3.40. The van der Waals surface area contributed by atoms with E-state index in [0.29, 0.717) is 25.3 Å². The summed E-state index contributed by atoms with van der Waals surface area (Å²) in [5.74, 6) is 0.694. The van der Waals surface area contributed by atoms with E-state index in [0.717, 1.165) is 17.5 Å². The number of amides is 1. The maximum Gasteiger partial charge on any atom is 0.210 e. The van der Waals surface area contributed by atoms with E-state index in [1.54, 1.807) is 29.2 Å². The summed E-state index contributed by atoms with van der Waals surface area (Å²) in [6.45, 7) is 0.972. The van der Waals surface area contributed by atoms with Crippen LogP contribution in [0.25, 0.3) is 0 Å². The number of phenols is 2. The summed E-state index contributed by atoms with van der Waals surface area (Å²) in [6.07, 6.45) is 1.49. The zero-order chi connectivity index (χ0) is 15.9. The van der Waals surface area contributed by atoms with Gasteiger partial charge in [-0.05, 0) is 41.8 Å². The first-order valence-electron chi connectivity index (χ1n) is 6.95. The average molecular weight is 301 g/mol. The predicted octanol–water partition coefficient (Wildman–Crippen LogP) is 2.31. The molecule has 0 aliphatic heterocycles. The van der Waals surface area contributed by atoms with Crippen LogP contribution in [0, 0.1) is 0 Å². The number of rotatable bonds is 7. The number of carbonyl (C=O) groups is 1. The van der Waals surface area contributed by atoms with Crippen molar-refractivity contribution in [3.05, 3.63) is 53.6 Å². The lowest BCUT2D eigenvalue weighted by Gasteiger charge is -2.18. The van der Waals surface area contributed by atoms with E-state index in [1.165, 1.54) is 7.11 Å². The molecule has 2 N–H and O–H groups in total. The molecule has 0 radical (unpaired) electrons. The van der Waals surface area contributed by atoms with Crippen molar-refractivity contribution in [3.63, 3.8) is 0 Å². The topological polar surface area (TPSA) is 70.0 Å². The number of hydrogen-bond acceptors (Lipinski definition) is 4. The number of nitrogens with zero attached hydrogens (tertiary/aromatic N) is 1. The number of aromatic hydroxyl groups is 2. The minimum Gasteiger partial charge on any atom is -0.508 e. The smallest absolute Gasteiger partial charge is 0.210 e. The largest absolute Gasteiger partial charge is 0.508 e. The van der Waals surface area contributed by atoms with Crippen molar-refractivity contribution >= 4 is 6.41 Å². The summed E-state index contributed by atoms with van der Waals surface area (Å²) >= 11 is 0. The number of hydrogen-bond donors (Lipinski definition) is 2. The van der Waals surface area contributed by atoms with Crippen molar-refractivity contribution in [2.45, 2.75) is 13.0 Å². The fraction of sp³-hybridized carbons (Fsp3) is 0.235. The van der Waals surface area contributed by atoms with Crippen LogP contribution in [0.1, 0.15) is 11.1 Å². The number of benzene rings is 2. The van der Waals surface area contributed by atoms with E-state index in [1.807, 2.05) is 18.2 Å². The molecule has 0 saturated carbocycles. The van der Waals surface area contributed by atoms with Crippen LogP contribution in [0.3, 0.4) is 0 Å². The summed E-state index contributed by atoms with van der Waals surface area (Å²) in [6, 6.07) is 12.0. The van der Waals surface area contributed by atoms with Gasteiger partial charge >= 0.3 is 0 Å². The number of ether oxygens (including phenoxy) is 1. The van der Waals surface area contributed by atoms with Gasteiger partial charge in [-0.15, -0.1) is 0 Å². The highest BCUT2D eigenvalue weighted by atomic mass is 16.5. The standard InChI is InChI=1S/C17H19NO4/c1-22-17-7-4-14(10-16(17)21)11-18(12-19)9-8-13-2-5-15(20)6-3-13/h2-7,10,12,20-21H,8-9,11H2,1H3. The van der Waals surface area contributed by atoms with Gasteiger partial charge in [0.25, 0.3) is 0 Å². The monoisotopic (exact) mass is 301 g/mol. The van der Waals surface area contributed by atoms with Crippen LogP contribution in [0.15, 0.2) is 42.5 Å². The minimum atomic E-state index is 0.0596. The Labute approximate surface area is 129 Å². The molecule has 2 aromatic carbocycles. The average Bonchev–Trinajstić information content (AvgIpc) is 2.53. The zero-order valence-electron chi connectivity index (χ0n) is 12.4. The Morgan fingerprint density at radius 1 is 1.09 bits per heavy atom. The molecule has 0 aliphatic rings. The highest BCUT2D eigenvalue weighted by molar-refractivity contribution is 5.48. The molecule has 0 spiro atoms. The molecule has 2 rings (SSSR count). The molecule has 2 aromatic rings. The second kappa shape index (κ2) is 7.36. The van der Waals surface area contributed by atoms with Crippen LogP contribution in [0.2, 0.25) is 0 Å². The summed E-state index contributed by atoms with van der Waals surface area (Å²) in [5.41, 5.74) is 1.87. The van der Waals surface area contributed by atoms with Gasteiger partial charge in [0.15, 0.2) is 11.5 Å². The Morgan fingerprint density at radius 3 is 2.36 bits per heavy atom. The lowest BCUT2D eigenvalue weighted by atomic mass is 10.1. The third kappa shape index (κ3) is 4.15. The van der Waals surface area contributed by atoms with Crippen LogP contribution in [-0.2, 0) is 17.8 Å². The summed E-state index contributed by atoms with van der Waals surface area (Å²) in [5, 5.41) is 19.0. The van der Waals surface area contributed by atoms with Crippen molar-refractivity contribution in [3.8, 4) is 17.2 Å². The molecule has 0 atom stereocenters. The number of methoxy groups -OCH3 is 1. The second-order valence-electron chi connectivity index (χ2n) is 5.00. The molecule has 5 heteroatoms. The van der Waals surface area contributed by atoms with Crippen molar-refractivity contribution in [2.75, 3.05) is 13.7 Å². The zero-order valence-corrected chi connectivity index (χ0v) is 12.4. The van der Waals surface area contributed by atoms with Crippen molar-refractivity contribution in [1.29, 1.82) is 0 Å². The molecule has 0 saturated heterocycles. The van der Waals surface area contributed by atoms with Crippen molar-refractivity contribution in [1.82, 2.24) is 4.90 Å². The maximum absolute atomic E-state index is 11.2. The molecule has 116 valence electrons. The lowest BCUT2D eigenvalue weighted by Crippen LogP contribution is -2.24. The first-order chi connectivity index (χ1) is 10.6. The van der Waals surface area contributed by atoms with E-state index in [4.69, 9.17) is 4.74 Å². The Morgan fingerprint density at radius 2 is 1.77 bits per heavy atom. The van der Waals surface area contributed by atoms with E-state index in [9.17, 15) is 15.0 Å². The molecule has 0 aromatic heterocycles. The van der Waals surface area contributed by atoms with Crippen LogP contribution < -0.4 is 4.74 Å². The molecule has 0 unspecified atom stereocenters. The van der Waals surface area contributed by atoms with Gasteiger partial charge in [0.1, 0.15) is 5.75 Å². The first kappa shape index (κ1) is 15.7. The molecule has 0 bridgehead atoms. The van der Waals surface area contributed by atoms with E-state index >= 15 is 0 Å². The Balaban J connectivity index is 1.95. The van der Waals surface area contributed by atoms with Gasteiger partial charge in [-0.2, -0.15) is 0 Å². The van der Waals surface area contributed by atoms with Gasteiger partial charge in [0.05, 0.1) is 7.11 Å². The van der Waals surface area contributed by atoms with Gasteiger partial charge in [-0.1, -0.05) is 18.2 Å². The fourth-order valence-corrected chi connectivity index (χ4v) is 2.17. The van der Waals surface area contributed by atoms with Gasteiger partial charge in [-0.3, -0.25) is 4.79 Å². The summed E-state index contributed by atoms with van der Waals surface area (Å²) < 4.78 is 4.99. The fourth-order valence-electron chi connectivity index (χ4n) is 2.17. The highest BCUT2D eigenvalue weighted by Gasteiger charge is 2.07. The summed E-state index contributed by atoms with van der Waals surface area (Å²) in [4.78, 5) is 12.8. The van der Waals surface area contributed by atoms with Crippen molar-refractivity contribution < 1.29 is 19.7 Å². The van der Waals surface area contributed by atoms with Crippen molar-refractivity contribution in [2.24, 2.45) is 0 Å². The van der Waals surface area contributed by atoms with E-state index in [-0.39, 0.29) is 11.5 Å². The van der Waals surface area contributed by atoms with E-state index in [2.05, 4.69) is 0 Å².